The summed E-state index contributed by atoms with van der Waals surface area (Å²) >= 11 is 0. The summed E-state index contributed by atoms with van der Waals surface area (Å²) in [4.78, 5) is 13.2. The van der Waals surface area contributed by atoms with Crippen molar-refractivity contribution < 1.29 is 22.7 Å². The Morgan fingerprint density at radius 2 is 1.94 bits per heavy atom. The second-order valence-corrected chi connectivity index (χ2v) is 3.58. The van der Waals surface area contributed by atoms with E-state index >= 15 is 0 Å². The van der Waals surface area contributed by atoms with Crippen LogP contribution >= 0.6 is 0 Å². The van der Waals surface area contributed by atoms with Gasteiger partial charge in [0.2, 0.25) is 6.08 Å². The molecule has 3 nitrogen and oxygen atoms in total. The number of hydrogen-bond acceptors (Lipinski definition) is 3. The van der Waals surface area contributed by atoms with Gasteiger partial charge in [0.05, 0.1) is 17.4 Å². The van der Waals surface area contributed by atoms with Gasteiger partial charge in [0.15, 0.2) is 0 Å². The van der Waals surface area contributed by atoms with Gasteiger partial charge in [0, 0.05) is 6.07 Å². The van der Waals surface area contributed by atoms with Crippen molar-refractivity contribution in [2.45, 2.75) is 26.1 Å². The van der Waals surface area contributed by atoms with Gasteiger partial charge in [-0.15, -0.1) is 0 Å². The van der Waals surface area contributed by atoms with E-state index in [9.17, 15) is 18.0 Å². The van der Waals surface area contributed by atoms with Gasteiger partial charge in [-0.05, 0) is 26.0 Å². The summed E-state index contributed by atoms with van der Waals surface area (Å²) in [6, 6.07) is 2.88. The van der Waals surface area contributed by atoms with E-state index in [0.29, 0.717) is 0 Å². The number of isocyanates is 1. The zero-order valence-corrected chi connectivity index (χ0v) is 9.21. The lowest BCUT2D eigenvalue weighted by molar-refractivity contribution is -0.137. The number of rotatable bonds is 3. The number of benzene rings is 1. The molecular weight excluding hydrogens is 235 g/mol. The lowest BCUT2D eigenvalue weighted by Crippen LogP contribution is -2.08. The first kappa shape index (κ1) is 13.3. The third-order valence-electron chi connectivity index (χ3n) is 1.77. The number of aliphatic imine (C=N–C) groups is 1. The Morgan fingerprint density at radius 3 is 2.41 bits per heavy atom. The summed E-state index contributed by atoms with van der Waals surface area (Å²) < 4.78 is 42.7. The normalized spacial score (nSPS) is 11.2. The summed E-state index contributed by atoms with van der Waals surface area (Å²) in [6.45, 7) is 3.37. The molecule has 17 heavy (non-hydrogen) atoms. The highest BCUT2D eigenvalue weighted by atomic mass is 19.4. The molecule has 0 saturated carbocycles. The summed E-state index contributed by atoms with van der Waals surface area (Å²) in [5, 5.41) is 0. The molecule has 6 heteroatoms. The number of halogens is 3. The fourth-order valence-corrected chi connectivity index (χ4v) is 1.20. The zero-order chi connectivity index (χ0) is 13.1. The molecule has 0 spiro atoms. The average molecular weight is 245 g/mol. The number of nitrogens with zero attached hydrogens (tertiary/aromatic N) is 1. The Kier molecular flexibility index (Phi) is 3.91. The van der Waals surface area contributed by atoms with Gasteiger partial charge in [-0.25, -0.2) is 4.79 Å². The summed E-state index contributed by atoms with van der Waals surface area (Å²) in [5.41, 5.74) is -1.05. The van der Waals surface area contributed by atoms with Crippen LogP contribution in [0.1, 0.15) is 19.4 Å². The molecule has 0 aliphatic heterocycles. The highest BCUT2D eigenvalue weighted by Crippen LogP contribution is 2.35. The van der Waals surface area contributed by atoms with Crippen molar-refractivity contribution in [2.75, 3.05) is 0 Å². The standard InChI is InChI=1S/C11H10F3NO2/c1-7(2)17-10-4-8(11(12,13)14)3-9(5-10)15-6-16/h3-5,7H,1-2H3. The Hall–Kier alpha value is -1.81. The monoisotopic (exact) mass is 245 g/mol. The molecule has 0 fully saturated rings. The van der Waals surface area contributed by atoms with Crippen molar-refractivity contribution in [1.29, 1.82) is 0 Å². The largest absolute Gasteiger partial charge is 0.491 e. The second-order valence-electron chi connectivity index (χ2n) is 3.58. The fraction of sp³-hybridized carbons (Fsp3) is 0.364. The van der Waals surface area contributed by atoms with Crippen LogP contribution in [0.5, 0.6) is 5.75 Å². The quantitative estimate of drug-likeness (QED) is 0.604. The highest BCUT2D eigenvalue weighted by molar-refractivity contribution is 5.54. The minimum Gasteiger partial charge on any atom is -0.491 e. The first-order valence-electron chi connectivity index (χ1n) is 4.79. The third-order valence-corrected chi connectivity index (χ3v) is 1.77. The van der Waals surface area contributed by atoms with Crippen LogP contribution in [-0.2, 0) is 11.0 Å². The van der Waals surface area contributed by atoms with E-state index < -0.39 is 11.7 Å². The molecule has 92 valence electrons. The predicted octanol–water partition coefficient (Wildman–Crippen LogP) is 3.46. The predicted molar refractivity (Wildman–Crippen MR) is 55.0 cm³/mol. The minimum atomic E-state index is -4.51. The van der Waals surface area contributed by atoms with Gasteiger partial charge in [0.1, 0.15) is 5.75 Å². The molecule has 0 N–H and O–H groups in total. The van der Waals surface area contributed by atoms with E-state index in [1.807, 2.05) is 0 Å². The van der Waals surface area contributed by atoms with Crippen molar-refractivity contribution in [3.63, 3.8) is 0 Å². The topological polar surface area (TPSA) is 38.7 Å². The van der Waals surface area contributed by atoms with Crippen LogP contribution in [0.4, 0.5) is 18.9 Å². The molecule has 0 aromatic heterocycles. The van der Waals surface area contributed by atoms with Gasteiger partial charge in [-0.3, -0.25) is 0 Å². The molecule has 0 amide bonds. The van der Waals surface area contributed by atoms with Crippen LogP contribution in [0, 0.1) is 0 Å². The minimum absolute atomic E-state index is 0.0174. The Morgan fingerprint density at radius 1 is 1.29 bits per heavy atom. The maximum atomic E-state index is 12.5. The van der Waals surface area contributed by atoms with Gasteiger partial charge in [-0.1, -0.05) is 0 Å². The number of alkyl halides is 3. The molecule has 0 aliphatic rings. The first-order valence-corrected chi connectivity index (χ1v) is 4.79. The maximum absolute atomic E-state index is 12.5. The number of hydrogen-bond donors (Lipinski definition) is 0. The fourth-order valence-electron chi connectivity index (χ4n) is 1.20. The van der Waals surface area contributed by atoms with Crippen LogP contribution in [-0.4, -0.2) is 12.2 Å². The summed E-state index contributed by atoms with van der Waals surface area (Å²) in [5.74, 6) is 0.0174. The van der Waals surface area contributed by atoms with Crippen LogP contribution in [0.15, 0.2) is 23.2 Å². The Labute approximate surface area is 95.9 Å². The lowest BCUT2D eigenvalue weighted by Gasteiger charge is -2.13. The SMILES string of the molecule is CC(C)Oc1cc(N=C=O)cc(C(F)(F)F)c1. The van der Waals surface area contributed by atoms with Crippen LogP contribution in [0.3, 0.4) is 0 Å². The molecule has 1 aromatic rings. The number of ether oxygens (including phenoxy) is 1. The first-order chi connectivity index (χ1) is 7.82. The van der Waals surface area contributed by atoms with Crippen molar-refractivity contribution in [1.82, 2.24) is 0 Å². The van der Waals surface area contributed by atoms with E-state index in [-0.39, 0.29) is 17.5 Å². The van der Waals surface area contributed by atoms with Crippen molar-refractivity contribution in [3.05, 3.63) is 23.8 Å². The molecule has 0 saturated heterocycles. The molecule has 0 unspecified atom stereocenters. The van der Waals surface area contributed by atoms with E-state index in [4.69, 9.17) is 4.74 Å². The van der Waals surface area contributed by atoms with E-state index in [2.05, 4.69) is 4.99 Å². The summed E-state index contributed by atoms with van der Waals surface area (Å²) in [6.07, 6.45) is -3.59. The number of carbonyl (C=O) groups excluding carboxylic acids is 1. The van der Waals surface area contributed by atoms with E-state index in [1.54, 1.807) is 13.8 Å². The van der Waals surface area contributed by atoms with Gasteiger partial charge >= 0.3 is 6.18 Å². The highest BCUT2D eigenvalue weighted by Gasteiger charge is 2.31. The average Bonchev–Trinajstić information content (AvgIpc) is 2.15. The van der Waals surface area contributed by atoms with E-state index in [0.717, 1.165) is 12.1 Å². The van der Waals surface area contributed by atoms with E-state index in [1.165, 1.54) is 12.1 Å². The Balaban J connectivity index is 3.23. The molecule has 0 atom stereocenters. The van der Waals surface area contributed by atoms with Crippen molar-refractivity contribution in [3.8, 4) is 5.75 Å². The molecule has 0 bridgehead atoms. The lowest BCUT2D eigenvalue weighted by atomic mass is 10.2. The van der Waals surface area contributed by atoms with Gasteiger partial charge in [-0.2, -0.15) is 18.2 Å². The molecule has 0 heterocycles. The van der Waals surface area contributed by atoms with Gasteiger partial charge < -0.3 is 4.74 Å². The Bertz CT molecular complexity index is 449. The van der Waals surface area contributed by atoms with Crippen LogP contribution in [0.2, 0.25) is 0 Å². The van der Waals surface area contributed by atoms with Crippen LogP contribution in [0.25, 0.3) is 0 Å². The molecule has 1 rings (SSSR count). The van der Waals surface area contributed by atoms with Gasteiger partial charge in [0.25, 0.3) is 0 Å². The van der Waals surface area contributed by atoms with Crippen molar-refractivity contribution in [2.24, 2.45) is 4.99 Å². The summed E-state index contributed by atoms with van der Waals surface area (Å²) in [7, 11) is 0. The molecule has 0 radical (unpaired) electrons. The van der Waals surface area contributed by atoms with Crippen LogP contribution < -0.4 is 4.74 Å². The molecular formula is C11H10F3NO2. The zero-order valence-electron chi connectivity index (χ0n) is 9.21. The third kappa shape index (κ3) is 3.92. The smallest absolute Gasteiger partial charge is 0.416 e. The molecule has 0 aliphatic carbocycles. The maximum Gasteiger partial charge on any atom is 0.416 e. The molecule has 1 aromatic carbocycles. The second kappa shape index (κ2) is 5.01. The van der Waals surface area contributed by atoms with Crippen molar-refractivity contribution >= 4 is 11.8 Å².